The number of benzene rings is 2. The van der Waals surface area contributed by atoms with E-state index >= 15 is 0 Å². The lowest BCUT2D eigenvalue weighted by Gasteiger charge is -2.31. The number of piperidine rings is 1. The molecule has 9 nitrogen and oxygen atoms in total. The lowest BCUT2D eigenvalue weighted by molar-refractivity contribution is -0.134. The maximum Gasteiger partial charge on any atom is 0.241 e. The molecule has 190 valence electrons. The number of nitrogens with zero attached hydrogens (tertiary/aromatic N) is 3. The molecule has 1 unspecified atom stereocenters. The minimum atomic E-state index is -3.94. The van der Waals surface area contributed by atoms with Crippen molar-refractivity contribution in [2.24, 2.45) is 4.99 Å². The zero-order valence-corrected chi connectivity index (χ0v) is 21.4. The first-order valence-corrected chi connectivity index (χ1v) is 13.9. The first-order chi connectivity index (χ1) is 16.9. The van der Waals surface area contributed by atoms with Gasteiger partial charge in [0.25, 0.3) is 0 Å². The van der Waals surface area contributed by atoms with Crippen LogP contribution in [0.25, 0.3) is 10.8 Å². The average molecular weight is 501 g/mol. The van der Waals surface area contributed by atoms with E-state index in [-0.39, 0.29) is 10.8 Å². The van der Waals surface area contributed by atoms with Crippen LogP contribution in [-0.2, 0) is 14.8 Å². The number of guanidine groups is 1. The van der Waals surface area contributed by atoms with Crippen LogP contribution in [0, 0.1) is 0 Å². The zero-order chi connectivity index (χ0) is 24.8. The summed E-state index contributed by atoms with van der Waals surface area (Å²) >= 11 is 0. The Morgan fingerprint density at radius 2 is 1.86 bits per heavy atom. The van der Waals surface area contributed by atoms with E-state index in [1.807, 2.05) is 43.3 Å². The zero-order valence-electron chi connectivity index (χ0n) is 20.6. The number of aliphatic imine (C=N–C) groups is 1. The van der Waals surface area contributed by atoms with E-state index in [0.717, 1.165) is 49.4 Å². The van der Waals surface area contributed by atoms with Gasteiger partial charge in [0.2, 0.25) is 15.9 Å². The monoisotopic (exact) mass is 500 g/mol. The molecular weight excluding hydrogens is 464 g/mol. The van der Waals surface area contributed by atoms with E-state index in [4.69, 9.17) is 0 Å². The van der Waals surface area contributed by atoms with Gasteiger partial charge in [-0.1, -0.05) is 24.3 Å². The largest absolute Gasteiger partial charge is 0.377 e. The van der Waals surface area contributed by atoms with Gasteiger partial charge in [-0.05, 0) is 44.2 Å². The molecule has 2 aromatic carbocycles. The van der Waals surface area contributed by atoms with E-state index < -0.39 is 16.1 Å². The highest BCUT2D eigenvalue weighted by atomic mass is 32.2. The van der Waals surface area contributed by atoms with Gasteiger partial charge in [0, 0.05) is 56.7 Å². The number of carbonyl (C=O) groups excluding carboxylic acids is 1. The van der Waals surface area contributed by atoms with Gasteiger partial charge in [0.1, 0.15) is 6.04 Å². The summed E-state index contributed by atoms with van der Waals surface area (Å²) in [5.41, 5.74) is 0.940. The second-order valence-electron chi connectivity index (χ2n) is 9.31. The molecule has 1 atom stereocenters. The third-order valence-electron chi connectivity index (χ3n) is 6.53. The van der Waals surface area contributed by atoms with E-state index in [1.165, 1.54) is 0 Å². The van der Waals surface area contributed by atoms with Gasteiger partial charge in [0.15, 0.2) is 5.96 Å². The second-order valence-corrected chi connectivity index (χ2v) is 11.0. The Hall–Kier alpha value is -2.85. The first-order valence-electron chi connectivity index (χ1n) is 12.4. The van der Waals surface area contributed by atoms with Crippen LogP contribution < -0.4 is 20.3 Å². The Morgan fingerprint density at radius 1 is 1.11 bits per heavy atom. The Bertz CT molecular complexity index is 1170. The van der Waals surface area contributed by atoms with Crippen LogP contribution in [0.4, 0.5) is 5.69 Å². The molecular formula is C25H36N6O3S. The van der Waals surface area contributed by atoms with Gasteiger partial charge in [0.05, 0.1) is 11.4 Å². The van der Waals surface area contributed by atoms with Gasteiger partial charge >= 0.3 is 0 Å². The molecule has 1 fully saturated rings. The molecule has 0 bridgehead atoms. The van der Waals surface area contributed by atoms with Crippen LogP contribution in [0.3, 0.4) is 0 Å². The van der Waals surface area contributed by atoms with Crippen LogP contribution in [-0.4, -0.2) is 78.0 Å². The highest BCUT2D eigenvalue weighted by Crippen LogP contribution is 2.30. The average Bonchev–Trinajstić information content (AvgIpc) is 3.38. The van der Waals surface area contributed by atoms with Crippen molar-refractivity contribution < 1.29 is 13.2 Å². The number of nitrogens with one attached hydrogen (secondary N) is 3. The van der Waals surface area contributed by atoms with E-state index in [2.05, 4.69) is 20.3 Å². The summed E-state index contributed by atoms with van der Waals surface area (Å²) in [7, 11) is -0.0720. The lowest BCUT2D eigenvalue weighted by Crippen LogP contribution is -2.50. The molecule has 0 saturated carbocycles. The predicted octanol–water partition coefficient (Wildman–Crippen LogP) is 1.89. The molecule has 2 heterocycles. The fourth-order valence-corrected chi connectivity index (χ4v) is 6.18. The molecule has 0 aliphatic carbocycles. The number of fused-ring (bicyclic) bond motifs is 1. The highest BCUT2D eigenvalue weighted by Gasteiger charge is 2.30. The Morgan fingerprint density at radius 3 is 2.57 bits per heavy atom. The normalized spacial score (nSPS) is 17.1. The van der Waals surface area contributed by atoms with Crippen molar-refractivity contribution in [3.63, 3.8) is 0 Å². The summed E-state index contributed by atoms with van der Waals surface area (Å²) < 4.78 is 30.0. The highest BCUT2D eigenvalue weighted by molar-refractivity contribution is 7.89. The van der Waals surface area contributed by atoms with E-state index in [0.29, 0.717) is 37.9 Å². The van der Waals surface area contributed by atoms with Crippen molar-refractivity contribution >= 4 is 38.3 Å². The number of hydrogen-bond acceptors (Lipinski definition) is 7. The molecule has 1 amide bonds. The fraction of sp³-hybridized carbons (Fsp3) is 0.520. The Balaban J connectivity index is 1.55. The quantitative estimate of drug-likeness (QED) is 0.454. The summed E-state index contributed by atoms with van der Waals surface area (Å²) in [5, 5.41) is 7.88. The van der Waals surface area contributed by atoms with Crippen molar-refractivity contribution in [3.05, 3.63) is 36.4 Å². The molecule has 4 rings (SSSR count). The standard InChI is InChI=1S/C25H36N6O3S/c1-30(2)22-12-6-10-20-19(22)9-7-13-23(20)35(33,34)29-21(24(32)31-17-4-3-5-18-31)11-8-14-26-25-27-15-16-28-25/h6-7,9-10,12-13,21,29H,3-5,8,11,14-18H2,1-2H3,(H2,26,27,28). The maximum atomic E-state index is 13.6. The smallest absolute Gasteiger partial charge is 0.241 e. The third-order valence-corrected chi connectivity index (χ3v) is 8.06. The molecule has 0 radical (unpaired) electrons. The van der Waals surface area contributed by atoms with Crippen molar-refractivity contribution in [2.75, 3.05) is 51.7 Å². The molecule has 35 heavy (non-hydrogen) atoms. The van der Waals surface area contributed by atoms with Crippen LogP contribution in [0.5, 0.6) is 0 Å². The van der Waals surface area contributed by atoms with Crippen LogP contribution in [0.15, 0.2) is 46.3 Å². The SMILES string of the molecule is CN(C)c1cccc2c(S(=O)(=O)NC(CCCNC3=NCCN3)C(=O)N3CCCCC3)cccc12. The minimum Gasteiger partial charge on any atom is -0.377 e. The van der Waals surface area contributed by atoms with Crippen LogP contribution in [0.2, 0.25) is 0 Å². The number of carbonyl (C=O) groups is 1. The Labute approximate surface area is 208 Å². The number of likely N-dealkylation sites (tertiary alicyclic amines) is 1. The molecule has 2 aromatic rings. The summed E-state index contributed by atoms with van der Waals surface area (Å²) in [5.74, 6) is 0.621. The topological polar surface area (TPSA) is 106 Å². The van der Waals surface area contributed by atoms with Gasteiger partial charge in [-0.15, -0.1) is 0 Å². The second kappa shape index (κ2) is 11.3. The lowest BCUT2D eigenvalue weighted by atomic mass is 10.1. The molecule has 2 aliphatic rings. The van der Waals surface area contributed by atoms with Gasteiger partial charge in [-0.25, -0.2) is 8.42 Å². The first kappa shape index (κ1) is 25.2. The number of sulfonamides is 1. The minimum absolute atomic E-state index is 0.140. The number of amides is 1. The number of hydrogen-bond donors (Lipinski definition) is 3. The van der Waals surface area contributed by atoms with Crippen molar-refractivity contribution in [2.45, 2.75) is 43.0 Å². The van der Waals surface area contributed by atoms with Crippen molar-refractivity contribution in [1.29, 1.82) is 0 Å². The third kappa shape index (κ3) is 6.05. The van der Waals surface area contributed by atoms with Gasteiger partial charge < -0.3 is 20.4 Å². The summed E-state index contributed by atoms with van der Waals surface area (Å²) in [6.45, 7) is 3.53. The molecule has 3 N–H and O–H groups in total. The van der Waals surface area contributed by atoms with Crippen molar-refractivity contribution in [1.82, 2.24) is 20.3 Å². The predicted molar refractivity (Wildman–Crippen MR) is 140 cm³/mol. The molecule has 2 aliphatic heterocycles. The van der Waals surface area contributed by atoms with Gasteiger partial charge in [-0.3, -0.25) is 9.79 Å². The van der Waals surface area contributed by atoms with E-state index in [1.54, 1.807) is 17.0 Å². The summed E-state index contributed by atoms with van der Waals surface area (Å²) in [4.78, 5) is 21.7. The molecule has 0 spiro atoms. The van der Waals surface area contributed by atoms with Crippen molar-refractivity contribution in [3.8, 4) is 0 Å². The van der Waals surface area contributed by atoms with Crippen LogP contribution >= 0.6 is 0 Å². The summed E-state index contributed by atoms with van der Waals surface area (Å²) in [6.07, 6.45) is 4.05. The molecule has 0 aromatic heterocycles. The fourth-order valence-electron chi connectivity index (χ4n) is 4.74. The maximum absolute atomic E-state index is 13.6. The van der Waals surface area contributed by atoms with Crippen LogP contribution in [0.1, 0.15) is 32.1 Å². The number of rotatable bonds is 9. The van der Waals surface area contributed by atoms with Gasteiger partial charge in [-0.2, -0.15) is 4.72 Å². The number of anilines is 1. The molecule has 10 heteroatoms. The summed E-state index contributed by atoms with van der Waals surface area (Å²) in [6, 6.07) is 10.1. The molecule has 1 saturated heterocycles. The Kier molecular flexibility index (Phi) is 8.12. The van der Waals surface area contributed by atoms with E-state index in [9.17, 15) is 13.2 Å².